The van der Waals surface area contributed by atoms with E-state index in [2.05, 4.69) is 5.32 Å². The zero-order valence-corrected chi connectivity index (χ0v) is 11.5. The third-order valence-corrected chi connectivity index (χ3v) is 4.23. The number of hydrogen-bond acceptors (Lipinski definition) is 4. The Hall–Kier alpha value is -2.08. The second-order valence-corrected chi connectivity index (χ2v) is 5.59. The molecular weight excluding hydrogens is 272 g/mol. The molecule has 6 heteroatoms. The van der Waals surface area contributed by atoms with Gasteiger partial charge in [0.1, 0.15) is 6.04 Å². The smallest absolute Gasteiger partial charge is 0.326 e. The lowest BCUT2D eigenvalue weighted by atomic mass is 9.89. The van der Waals surface area contributed by atoms with Gasteiger partial charge in [0.05, 0.1) is 12.0 Å². The van der Waals surface area contributed by atoms with Crippen LogP contribution in [0.5, 0.6) is 0 Å². The maximum atomic E-state index is 12.7. The van der Waals surface area contributed by atoms with E-state index >= 15 is 0 Å². The minimum atomic E-state index is -1.05. The van der Waals surface area contributed by atoms with Crippen LogP contribution in [-0.2, 0) is 9.59 Å². The predicted octanol–water partition coefficient (Wildman–Crippen LogP) is 0.632. The Bertz CT molecular complexity index is 575. The van der Waals surface area contributed by atoms with E-state index in [1.807, 2.05) is 24.3 Å². The van der Waals surface area contributed by atoms with E-state index in [-0.39, 0.29) is 24.8 Å². The van der Waals surface area contributed by atoms with Crippen LogP contribution in [-0.4, -0.2) is 52.2 Å². The lowest BCUT2D eigenvalue weighted by Crippen LogP contribution is -2.44. The third-order valence-electron chi connectivity index (χ3n) is 4.23. The number of carbonyl (C=O) groups is 2. The van der Waals surface area contributed by atoms with Gasteiger partial charge in [0, 0.05) is 25.2 Å². The first-order valence-corrected chi connectivity index (χ1v) is 7.12. The number of carboxylic acid groups (broad SMARTS) is 1. The van der Waals surface area contributed by atoms with Gasteiger partial charge in [-0.05, 0) is 18.1 Å². The Kier molecular flexibility index (Phi) is 3.55. The highest BCUT2D eigenvalue weighted by Crippen LogP contribution is 2.34. The molecule has 0 bridgehead atoms. The molecule has 0 radical (unpaired) electrons. The van der Waals surface area contributed by atoms with Gasteiger partial charge in [-0.1, -0.05) is 18.2 Å². The van der Waals surface area contributed by atoms with Crippen molar-refractivity contribution in [3.63, 3.8) is 0 Å². The van der Waals surface area contributed by atoms with Crippen LogP contribution in [0.3, 0.4) is 0 Å². The number of nitrogens with zero attached hydrogens (tertiary/aromatic N) is 1. The van der Waals surface area contributed by atoms with Crippen LogP contribution >= 0.6 is 0 Å². The molecule has 2 unspecified atom stereocenters. The third kappa shape index (κ3) is 2.47. The summed E-state index contributed by atoms with van der Waals surface area (Å²) in [7, 11) is 0. The van der Waals surface area contributed by atoms with Crippen LogP contribution in [0.15, 0.2) is 24.3 Å². The van der Waals surface area contributed by atoms with E-state index in [1.165, 1.54) is 4.90 Å². The molecule has 3 atom stereocenters. The summed E-state index contributed by atoms with van der Waals surface area (Å²) < 4.78 is 0. The number of para-hydroxylation sites is 1. The molecule has 1 fully saturated rings. The van der Waals surface area contributed by atoms with Crippen molar-refractivity contribution in [3.8, 4) is 0 Å². The van der Waals surface area contributed by atoms with Crippen LogP contribution < -0.4 is 5.32 Å². The fourth-order valence-corrected chi connectivity index (χ4v) is 3.22. The number of amides is 1. The molecular formula is C15H18N2O4. The number of aliphatic carboxylic acids is 1. The van der Waals surface area contributed by atoms with E-state index in [0.717, 1.165) is 11.3 Å². The summed E-state index contributed by atoms with van der Waals surface area (Å²) in [6.45, 7) is 0.781. The van der Waals surface area contributed by atoms with Gasteiger partial charge in [0.25, 0.3) is 0 Å². The summed E-state index contributed by atoms with van der Waals surface area (Å²) in [5.41, 5.74) is 1.83. The summed E-state index contributed by atoms with van der Waals surface area (Å²) in [5.74, 6) is -1.59. The molecule has 0 saturated carbocycles. The number of carboxylic acids is 1. The highest BCUT2D eigenvalue weighted by Gasteiger charge is 2.42. The van der Waals surface area contributed by atoms with Crippen molar-refractivity contribution in [2.75, 3.05) is 18.4 Å². The molecule has 0 aliphatic carbocycles. The van der Waals surface area contributed by atoms with Gasteiger partial charge in [0.2, 0.25) is 5.91 Å². The lowest BCUT2D eigenvalue weighted by molar-refractivity contribution is -0.148. The quantitative estimate of drug-likeness (QED) is 0.743. The number of nitrogens with one attached hydrogen (secondary N) is 1. The summed E-state index contributed by atoms with van der Waals surface area (Å²) in [6, 6.07) is 6.67. The lowest BCUT2D eigenvalue weighted by Gasteiger charge is -2.31. The van der Waals surface area contributed by atoms with E-state index in [4.69, 9.17) is 0 Å². The molecule has 0 aromatic heterocycles. The van der Waals surface area contributed by atoms with Gasteiger partial charge in [-0.25, -0.2) is 4.79 Å². The molecule has 1 amide bonds. The van der Waals surface area contributed by atoms with Crippen molar-refractivity contribution in [1.29, 1.82) is 0 Å². The molecule has 1 aromatic rings. The minimum absolute atomic E-state index is 0.0991. The van der Waals surface area contributed by atoms with Crippen LogP contribution in [0.1, 0.15) is 24.3 Å². The van der Waals surface area contributed by atoms with Crippen molar-refractivity contribution in [1.82, 2.24) is 4.90 Å². The zero-order valence-electron chi connectivity index (χ0n) is 11.5. The molecule has 2 aliphatic heterocycles. The van der Waals surface area contributed by atoms with Crippen molar-refractivity contribution in [2.45, 2.75) is 30.9 Å². The molecule has 21 heavy (non-hydrogen) atoms. The van der Waals surface area contributed by atoms with Gasteiger partial charge < -0.3 is 20.4 Å². The number of anilines is 1. The van der Waals surface area contributed by atoms with Gasteiger partial charge >= 0.3 is 5.97 Å². The van der Waals surface area contributed by atoms with Crippen LogP contribution in [0.25, 0.3) is 0 Å². The number of benzene rings is 1. The number of carbonyl (C=O) groups excluding carboxylic acids is 1. The zero-order chi connectivity index (χ0) is 15.0. The minimum Gasteiger partial charge on any atom is -0.480 e. The summed E-state index contributed by atoms with van der Waals surface area (Å²) in [6.07, 6.45) is -0.0188. The highest BCUT2D eigenvalue weighted by atomic mass is 16.4. The van der Waals surface area contributed by atoms with Crippen LogP contribution in [0.4, 0.5) is 5.69 Å². The summed E-state index contributed by atoms with van der Waals surface area (Å²) in [4.78, 5) is 25.3. The van der Waals surface area contributed by atoms with Gasteiger partial charge in [-0.3, -0.25) is 4.79 Å². The number of aliphatic hydroxyl groups is 1. The first-order valence-electron chi connectivity index (χ1n) is 7.12. The maximum absolute atomic E-state index is 12.7. The molecule has 6 nitrogen and oxygen atoms in total. The van der Waals surface area contributed by atoms with E-state index in [0.29, 0.717) is 13.0 Å². The van der Waals surface area contributed by atoms with Crippen molar-refractivity contribution >= 4 is 17.6 Å². The van der Waals surface area contributed by atoms with Gasteiger partial charge in [-0.15, -0.1) is 0 Å². The molecule has 3 N–H and O–H groups in total. The van der Waals surface area contributed by atoms with E-state index in [1.54, 1.807) is 0 Å². The van der Waals surface area contributed by atoms with E-state index < -0.39 is 18.1 Å². The van der Waals surface area contributed by atoms with Gasteiger partial charge in [0.15, 0.2) is 0 Å². The Morgan fingerprint density at radius 2 is 2.05 bits per heavy atom. The Morgan fingerprint density at radius 3 is 2.81 bits per heavy atom. The molecule has 1 saturated heterocycles. The molecule has 3 rings (SSSR count). The fraction of sp³-hybridized carbons (Fsp3) is 0.467. The molecule has 2 aliphatic rings. The normalized spacial score (nSPS) is 27.9. The highest BCUT2D eigenvalue weighted by molar-refractivity contribution is 5.90. The van der Waals surface area contributed by atoms with Crippen LogP contribution in [0, 0.1) is 0 Å². The van der Waals surface area contributed by atoms with Crippen molar-refractivity contribution in [2.24, 2.45) is 0 Å². The largest absolute Gasteiger partial charge is 0.480 e. The molecule has 2 heterocycles. The summed E-state index contributed by atoms with van der Waals surface area (Å²) in [5, 5.41) is 22.2. The molecule has 0 spiro atoms. The monoisotopic (exact) mass is 290 g/mol. The number of likely N-dealkylation sites (tertiary alicyclic amines) is 1. The second-order valence-electron chi connectivity index (χ2n) is 5.59. The fourth-order valence-electron chi connectivity index (χ4n) is 3.22. The Balaban J connectivity index is 1.87. The average Bonchev–Trinajstić information content (AvgIpc) is 2.88. The second kappa shape index (κ2) is 5.37. The topological polar surface area (TPSA) is 89.9 Å². The number of aliphatic hydroxyl groups excluding tert-OH is 1. The van der Waals surface area contributed by atoms with Crippen molar-refractivity contribution in [3.05, 3.63) is 29.8 Å². The molecule has 1 aromatic carbocycles. The van der Waals surface area contributed by atoms with Crippen molar-refractivity contribution < 1.29 is 19.8 Å². The van der Waals surface area contributed by atoms with E-state index in [9.17, 15) is 19.8 Å². The summed E-state index contributed by atoms with van der Waals surface area (Å²) >= 11 is 0. The number of β-amino-alcohol motifs (C(OH)–C–C–N with tert-alkyl or cyclic N) is 1. The first-order chi connectivity index (χ1) is 10.1. The SMILES string of the molecule is O=C(O)[C@@H]1CC(O)CN1C(=O)C1CCNc2ccccc21. The number of rotatable bonds is 2. The van der Waals surface area contributed by atoms with Crippen LogP contribution in [0.2, 0.25) is 0 Å². The standard InChI is InChI=1S/C15H18N2O4/c18-9-7-13(15(20)21)17(8-9)14(19)11-5-6-16-12-4-2-1-3-10(11)12/h1-4,9,11,13,16,18H,5-8H2,(H,20,21)/t9?,11?,13-/m0/s1. The first kappa shape index (κ1) is 13.9. The average molecular weight is 290 g/mol. The molecule has 112 valence electrons. The Morgan fingerprint density at radius 1 is 1.29 bits per heavy atom. The predicted molar refractivity (Wildman–Crippen MR) is 76.1 cm³/mol. The number of fused-ring (bicyclic) bond motifs is 1. The Labute approximate surface area is 122 Å². The number of hydrogen-bond donors (Lipinski definition) is 3. The maximum Gasteiger partial charge on any atom is 0.326 e. The van der Waals surface area contributed by atoms with Gasteiger partial charge in [-0.2, -0.15) is 0 Å².